The number of pyridine rings is 1. The number of hydroxylamine groups is 2. The molecule has 0 aliphatic rings. The quantitative estimate of drug-likeness (QED) is 0.616. The zero-order valence-electron chi connectivity index (χ0n) is 7.62. The highest BCUT2D eigenvalue weighted by molar-refractivity contribution is 14.1. The van der Waals surface area contributed by atoms with Gasteiger partial charge in [0, 0.05) is 16.8 Å². The van der Waals surface area contributed by atoms with E-state index in [0.29, 0.717) is 5.02 Å². The van der Waals surface area contributed by atoms with Gasteiger partial charge in [-0.3, -0.25) is 9.63 Å². The molecule has 0 saturated heterocycles. The van der Waals surface area contributed by atoms with Crippen LogP contribution in [0.15, 0.2) is 12.3 Å². The van der Waals surface area contributed by atoms with Crippen molar-refractivity contribution in [1.29, 1.82) is 0 Å². The molecule has 0 fully saturated rings. The fourth-order valence-electron chi connectivity index (χ4n) is 0.804. The molecule has 0 bridgehead atoms. The molecule has 14 heavy (non-hydrogen) atoms. The molecule has 1 aromatic rings. The normalized spacial score (nSPS) is 10.0. The number of aromatic nitrogens is 1. The molecule has 6 heteroatoms. The van der Waals surface area contributed by atoms with Crippen LogP contribution >= 0.6 is 34.2 Å². The van der Waals surface area contributed by atoms with Gasteiger partial charge in [0.1, 0.15) is 5.69 Å². The predicted octanol–water partition coefficient (Wildman–Crippen LogP) is 1.97. The number of rotatable bonds is 2. The maximum absolute atomic E-state index is 11.6. The summed E-state index contributed by atoms with van der Waals surface area (Å²) in [5.41, 5.74) is 0.191. The lowest BCUT2D eigenvalue weighted by atomic mass is 10.3. The van der Waals surface area contributed by atoms with E-state index < -0.39 is 0 Å². The highest BCUT2D eigenvalue weighted by Crippen LogP contribution is 2.17. The van der Waals surface area contributed by atoms with Gasteiger partial charge in [0.15, 0.2) is 0 Å². The lowest BCUT2D eigenvalue weighted by molar-refractivity contribution is -0.0760. The highest BCUT2D eigenvalue weighted by Gasteiger charge is 2.16. The van der Waals surface area contributed by atoms with Crippen LogP contribution in [-0.4, -0.2) is 30.1 Å². The topological polar surface area (TPSA) is 42.4 Å². The van der Waals surface area contributed by atoms with Crippen molar-refractivity contribution >= 4 is 40.1 Å². The van der Waals surface area contributed by atoms with Crippen molar-refractivity contribution in [3.63, 3.8) is 0 Å². The third-order valence-electron chi connectivity index (χ3n) is 1.57. The molecule has 76 valence electrons. The minimum absolute atomic E-state index is 0.191. The Morgan fingerprint density at radius 2 is 2.36 bits per heavy atom. The first-order valence-electron chi connectivity index (χ1n) is 3.69. The van der Waals surface area contributed by atoms with E-state index >= 15 is 0 Å². The molecule has 0 unspecified atom stereocenters. The van der Waals surface area contributed by atoms with E-state index in [4.69, 9.17) is 16.4 Å². The number of halogens is 2. The summed E-state index contributed by atoms with van der Waals surface area (Å²) >= 11 is 7.92. The third-order valence-corrected chi connectivity index (χ3v) is 2.45. The maximum atomic E-state index is 11.6. The van der Waals surface area contributed by atoms with E-state index in [9.17, 15) is 4.79 Å². The second kappa shape index (κ2) is 4.90. The van der Waals surface area contributed by atoms with Crippen LogP contribution in [0.1, 0.15) is 10.5 Å². The van der Waals surface area contributed by atoms with Gasteiger partial charge in [0.05, 0.1) is 12.1 Å². The SMILES string of the molecule is CON(C)C(=O)c1ncc(I)cc1Cl. The Morgan fingerprint density at radius 3 is 2.86 bits per heavy atom. The lowest BCUT2D eigenvalue weighted by Gasteiger charge is -2.13. The van der Waals surface area contributed by atoms with Crippen molar-refractivity contribution in [2.45, 2.75) is 0 Å². The average Bonchev–Trinajstić information content (AvgIpc) is 2.15. The number of hydrogen-bond donors (Lipinski definition) is 0. The van der Waals surface area contributed by atoms with E-state index in [-0.39, 0.29) is 11.6 Å². The van der Waals surface area contributed by atoms with Crippen molar-refractivity contribution in [3.8, 4) is 0 Å². The van der Waals surface area contributed by atoms with Crippen molar-refractivity contribution in [2.75, 3.05) is 14.2 Å². The third kappa shape index (κ3) is 2.55. The summed E-state index contributed by atoms with van der Waals surface area (Å²) in [6, 6.07) is 1.67. The minimum atomic E-state index is -0.367. The first kappa shape index (κ1) is 11.7. The van der Waals surface area contributed by atoms with Crippen LogP contribution in [0.5, 0.6) is 0 Å². The molecule has 0 N–H and O–H groups in total. The Hall–Kier alpha value is -0.400. The van der Waals surface area contributed by atoms with Crippen molar-refractivity contribution in [2.24, 2.45) is 0 Å². The molecule has 0 saturated carbocycles. The summed E-state index contributed by atoms with van der Waals surface area (Å²) in [6.45, 7) is 0. The monoisotopic (exact) mass is 326 g/mol. The second-order valence-electron chi connectivity index (χ2n) is 2.47. The predicted molar refractivity (Wildman–Crippen MR) is 61.1 cm³/mol. The second-order valence-corrected chi connectivity index (χ2v) is 4.12. The minimum Gasteiger partial charge on any atom is -0.274 e. The molecule has 1 rings (SSSR count). The fourth-order valence-corrected chi connectivity index (χ4v) is 1.69. The molecule has 1 heterocycles. The summed E-state index contributed by atoms with van der Waals surface area (Å²) in [6.07, 6.45) is 1.57. The van der Waals surface area contributed by atoms with Crippen molar-refractivity contribution in [1.82, 2.24) is 10.0 Å². The first-order chi connectivity index (χ1) is 6.56. The molecule has 0 aliphatic carbocycles. The smallest absolute Gasteiger partial charge is 0.274 e. The summed E-state index contributed by atoms with van der Waals surface area (Å²) in [7, 11) is 2.90. The van der Waals surface area contributed by atoms with Gasteiger partial charge in [-0.05, 0) is 28.7 Å². The Labute approximate surface area is 100 Å². The van der Waals surface area contributed by atoms with Gasteiger partial charge in [-0.25, -0.2) is 10.0 Å². The molecule has 0 aliphatic heterocycles. The Kier molecular flexibility index (Phi) is 4.09. The van der Waals surface area contributed by atoms with E-state index in [2.05, 4.69) is 27.6 Å². The fraction of sp³-hybridized carbons (Fsp3) is 0.250. The summed E-state index contributed by atoms with van der Waals surface area (Å²) in [4.78, 5) is 20.2. The van der Waals surface area contributed by atoms with Crippen molar-refractivity contribution in [3.05, 3.63) is 26.5 Å². The molecule has 0 aromatic carbocycles. The number of carbonyl (C=O) groups excluding carboxylic acids is 1. The van der Waals surface area contributed by atoms with Crippen molar-refractivity contribution < 1.29 is 9.63 Å². The van der Waals surface area contributed by atoms with Gasteiger partial charge in [0.2, 0.25) is 0 Å². The number of amides is 1. The van der Waals surface area contributed by atoms with Crippen LogP contribution in [0.3, 0.4) is 0 Å². The summed E-state index contributed by atoms with van der Waals surface area (Å²) < 4.78 is 0.879. The van der Waals surface area contributed by atoms with Gasteiger partial charge in [-0.1, -0.05) is 11.6 Å². The Bertz CT molecular complexity index is 359. The zero-order chi connectivity index (χ0) is 10.7. The molecular formula is C8H8ClIN2O2. The number of nitrogens with zero attached hydrogens (tertiary/aromatic N) is 2. The van der Waals surface area contributed by atoms with Crippen LogP contribution in [0.2, 0.25) is 5.02 Å². The maximum Gasteiger partial charge on any atom is 0.297 e. The molecule has 1 aromatic heterocycles. The van der Waals surface area contributed by atoms with Crippen LogP contribution in [0.4, 0.5) is 0 Å². The average molecular weight is 327 g/mol. The van der Waals surface area contributed by atoms with E-state index in [0.717, 1.165) is 8.63 Å². The number of carbonyl (C=O) groups is 1. The largest absolute Gasteiger partial charge is 0.297 e. The standard InChI is InChI=1S/C8H8ClIN2O2/c1-12(14-2)8(13)7-6(9)3-5(10)4-11-7/h3-4H,1-2H3. The lowest BCUT2D eigenvalue weighted by Crippen LogP contribution is -2.26. The van der Waals surface area contributed by atoms with Gasteiger partial charge in [-0.15, -0.1) is 0 Å². The van der Waals surface area contributed by atoms with Gasteiger partial charge < -0.3 is 0 Å². The van der Waals surface area contributed by atoms with Crippen LogP contribution in [0, 0.1) is 3.57 Å². The summed E-state index contributed by atoms with van der Waals surface area (Å²) in [5, 5.41) is 1.40. The first-order valence-corrected chi connectivity index (χ1v) is 5.15. The van der Waals surface area contributed by atoms with E-state index in [1.807, 2.05) is 0 Å². The number of hydrogen-bond acceptors (Lipinski definition) is 3. The van der Waals surface area contributed by atoms with Gasteiger partial charge >= 0.3 is 0 Å². The molecule has 0 atom stereocenters. The molecular weight excluding hydrogens is 318 g/mol. The Morgan fingerprint density at radius 1 is 1.71 bits per heavy atom. The zero-order valence-corrected chi connectivity index (χ0v) is 10.5. The molecule has 4 nitrogen and oxygen atoms in total. The van der Waals surface area contributed by atoms with Crippen LogP contribution in [-0.2, 0) is 4.84 Å². The van der Waals surface area contributed by atoms with Crippen LogP contribution < -0.4 is 0 Å². The van der Waals surface area contributed by atoms with Gasteiger partial charge in [0.25, 0.3) is 5.91 Å². The highest BCUT2D eigenvalue weighted by atomic mass is 127. The van der Waals surface area contributed by atoms with E-state index in [1.165, 1.54) is 14.2 Å². The summed E-state index contributed by atoms with van der Waals surface area (Å²) in [5.74, 6) is -0.367. The molecule has 0 radical (unpaired) electrons. The molecule has 0 spiro atoms. The van der Waals surface area contributed by atoms with E-state index in [1.54, 1.807) is 12.3 Å². The Balaban J connectivity index is 3.02. The van der Waals surface area contributed by atoms with Crippen LogP contribution in [0.25, 0.3) is 0 Å². The molecule has 1 amide bonds. The van der Waals surface area contributed by atoms with Gasteiger partial charge in [-0.2, -0.15) is 0 Å².